The van der Waals surface area contributed by atoms with Gasteiger partial charge in [-0.3, -0.25) is 0 Å². The number of nitrogens with zero attached hydrogens (tertiary/aromatic N) is 1. The first-order valence-corrected chi connectivity index (χ1v) is 6.84. The molecule has 4 rings (SSSR count). The fraction of sp³-hybridized carbons (Fsp3) is 0.533. The third kappa shape index (κ3) is 1.55. The molecule has 1 aliphatic heterocycles. The van der Waals surface area contributed by atoms with Crippen LogP contribution in [-0.4, -0.2) is 18.8 Å². The van der Waals surface area contributed by atoms with Crippen molar-refractivity contribution in [2.24, 2.45) is 5.73 Å². The summed E-state index contributed by atoms with van der Waals surface area (Å²) in [4.78, 5) is 0. The highest BCUT2D eigenvalue weighted by Gasteiger charge is 2.53. The lowest BCUT2D eigenvalue weighted by Gasteiger charge is -2.33. The van der Waals surface area contributed by atoms with Crippen LogP contribution in [0.5, 0.6) is 11.5 Å². The summed E-state index contributed by atoms with van der Waals surface area (Å²) < 4.78 is 11.8. The Balaban J connectivity index is 1.72. The predicted molar refractivity (Wildman–Crippen MR) is 69.2 cm³/mol. The minimum Gasteiger partial charge on any atom is -0.491 e. The van der Waals surface area contributed by atoms with Gasteiger partial charge in [0.25, 0.3) is 0 Å². The Hall–Kier alpha value is -1.73. The maximum Gasteiger partial charge on any atom is 0.144 e. The van der Waals surface area contributed by atoms with Crippen molar-refractivity contribution in [3.05, 3.63) is 23.3 Å². The summed E-state index contributed by atoms with van der Waals surface area (Å²) in [6.07, 6.45) is 4.33. The van der Waals surface area contributed by atoms with Crippen molar-refractivity contribution in [1.29, 1.82) is 5.26 Å². The van der Waals surface area contributed by atoms with Gasteiger partial charge in [0, 0.05) is 17.0 Å². The van der Waals surface area contributed by atoms with Crippen LogP contribution in [0.2, 0.25) is 0 Å². The molecule has 2 saturated carbocycles. The molecule has 2 N–H and O–H groups in total. The molecule has 0 bridgehead atoms. The van der Waals surface area contributed by atoms with Crippen LogP contribution in [0, 0.1) is 11.3 Å². The summed E-state index contributed by atoms with van der Waals surface area (Å²) in [5.74, 6) is 1.65. The van der Waals surface area contributed by atoms with Gasteiger partial charge in [0.2, 0.25) is 0 Å². The molecule has 1 aromatic rings. The minimum absolute atomic E-state index is 0.128. The summed E-state index contributed by atoms with van der Waals surface area (Å²) in [6, 6.07) is 6.21. The van der Waals surface area contributed by atoms with E-state index in [-0.39, 0.29) is 17.6 Å². The van der Waals surface area contributed by atoms with E-state index in [2.05, 4.69) is 6.07 Å². The van der Waals surface area contributed by atoms with E-state index in [0.717, 1.165) is 42.7 Å². The van der Waals surface area contributed by atoms with E-state index < -0.39 is 0 Å². The zero-order valence-electron chi connectivity index (χ0n) is 10.7. The molecule has 4 heteroatoms. The van der Waals surface area contributed by atoms with Crippen LogP contribution in [0.1, 0.15) is 36.8 Å². The van der Waals surface area contributed by atoms with E-state index in [1.165, 1.54) is 0 Å². The molecule has 2 aliphatic carbocycles. The van der Waals surface area contributed by atoms with Crippen molar-refractivity contribution in [2.45, 2.75) is 43.2 Å². The summed E-state index contributed by atoms with van der Waals surface area (Å²) in [5, 5.41) is 9.17. The van der Waals surface area contributed by atoms with E-state index in [9.17, 15) is 0 Å². The largest absolute Gasteiger partial charge is 0.491 e. The summed E-state index contributed by atoms with van der Waals surface area (Å²) in [7, 11) is 0. The quantitative estimate of drug-likeness (QED) is 0.876. The predicted octanol–water partition coefficient (Wildman–Crippen LogP) is 1.85. The third-order valence-corrected chi connectivity index (χ3v) is 4.54. The summed E-state index contributed by atoms with van der Waals surface area (Å²) in [6.45, 7) is 0.696. The monoisotopic (exact) mass is 256 g/mol. The normalized spacial score (nSPS) is 29.1. The van der Waals surface area contributed by atoms with Gasteiger partial charge in [0.1, 0.15) is 23.7 Å². The van der Waals surface area contributed by atoms with E-state index >= 15 is 0 Å². The van der Waals surface area contributed by atoms with Crippen molar-refractivity contribution < 1.29 is 9.47 Å². The Kier molecular flexibility index (Phi) is 2.13. The summed E-state index contributed by atoms with van der Waals surface area (Å²) >= 11 is 0. The maximum absolute atomic E-state index is 9.17. The van der Waals surface area contributed by atoms with Crippen LogP contribution in [0.3, 0.4) is 0 Å². The first-order chi connectivity index (χ1) is 9.22. The molecule has 0 radical (unpaired) electrons. The smallest absolute Gasteiger partial charge is 0.144 e. The van der Waals surface area contributed by atoms with Gasteiger partial charge >= 0.3 is 0 Å². The van der Waals surface area contributed by atoms with Gasteiger partial charge in [-0.1, -0.05) is 0 Å². The van der Waals surface area contributed by atoms with Crippen molar-refractivity contribution in [2.75, 3.05) is 6.61 Å². The molecule has 4 nitrogen and oxygen atoms in total. The number of benzene rings is 1. The first kappa shape index (κ1) is 11.1. The van der Waals surface area contributed by atoms with Crippen molar-refractivity contribution in [3.8, 4) is 17.6 Å². The lowest BCUT2D eigenvalue weighted by molar-refractivity contribution is 0.0994. The zero-order chi connectivity index (χ0) is 13.0. The molecular formula is C15H16N2O2. The highest BCUT2D eigenvalue weighted by atomic mass is 16.5. The maximum atomic E-state index is 9.17. The number of ether oxygens (including phenoxy) is 2. The molecular weight excluding hydrogens is 240 g/mol. The topological polar surface area (TPSA) is 68.3 Å². The zero-order valence-corrected chi connectivity index (χ0v) is 10.7. The van der Waals surface area contributed by atoms with E-state index in [1.807, 2.05) is 6.07 Å². The number of hydrogen-bond acceptors (Lipinski definition) is 4. The van der Waals surface area contributed by atoms with Gasteiger partial charge in [-0.15, -0.1) is 0 Å². The molecule has 0 saturated heterocycles. The Morgan fingerprint density at radius 1 is 1.37 bits per heavy atom. The Bertz CT molecular complexity index is 581. The molecule has 0 atom stereocenters. The van der Waals surface area contributed by atoms with Crippen LogP contribution >= 0.6 is 0 Å². The molecule has 1 spiro atoms. The summed E-state index contributed by atoms with van der Waals surface area (Å²) in [5.41, 5.74) is 7.68. The number of fused-ring (bicyclic) bond motifs is 2. The lowest BCUT2D eigenvalue weighted by Crippen LogP contribution is -2.43. The standard InChI is InChI=1S/C15H16N2O2/c16-7-9-1-2-12(19-11-5-10(17)6-11)13-14(9)18-8-15(13)3-4-15/h1-2,10-11H,3-6,8,17H2/t10-,11+. The van der Waals surface area contributed by atoms with Gasteiger partial charge in [-0.25, -0.2) is 0 Å². The second-order valence-corrected chi connectivity index (χ2v) is 5.97. The molecule has 0 unspecified atom stereocenters. The van der Waals surface area contributed by atoms with Crippen LogP contribution in [-0.2, 0) is 5.41 Å². The van der Waals surface area contributed by atoms with Gasteiger partial charge in [0.15, 0.2) is 0 Å². The van der Waals surface area contributed by atoms with E-state index in [4.69, 9.17) is 20.5 Å². The third-order valence-electron chi connectivity index (χ3n) is 4.54. The second kappa shape index (κ2) is 3.64. The molecule has 1 aromatic carbocycles. The number of nitriles is 1. The molecule has 98 valence electrons. The second-order valence-electron chi connectivity index (χ2n) is 5.97. The highest BCUT2D eigenvalue weighted by Crippen LogP contribution is 2.59. The SMILES string of the molecule is N#Cc1ccc(O[C@H]2C[C@@H](N)C2)c2c1OCC21CC1. The molecule has 0 aromatic heterocycles. The number of nitrogens with two attached hydrogens (primary N) is 1. The van der Waals surface area contributed by atoms with Gasteiger partial charge in [0.05, 0.1) is 12.2 Å². The van der Waals surface area contributed by atoms with E-state index in [1.54, 1.807) is 6.07 Å². The Morgan fingerprint density at radius 2 is 2.16 bits per heavy atom. The van der Waals surface area contributed by atoms with Crippen LogP contribution in [0.25, 0.3) is 0 Å². The van der Waals surface area contributed by atoms with Gasteiger partial charge in [-0.2, -0.15) is 5.26 Å². The average Bonchev–Trinajstić information content (AvgIpc) is 3.04. The lowest BCUT2D eigenvalue weighted by atomic mass is 9.89. The van der Waals surface area contributed by atoms with Gasteiger partial charge < -0.3 is 15.2 Å². The van der Waals surface area contributed by atoms with Crippen LogP contribution < -0.4 is 15.2 Å². The van der Waals surface area contributed by atoms with Crippen molar-refractivity contribution >= 4 is 0 Å². The average molecular weight is 256 g/mol. The van der Waals surface area contributed by atoms with Crippen molar-refractivity contribution in [3.63, 3.8) is 0 Å². The van der Waals surface area contributed by atoms with Crippen LogP contribution in [0.15, 0.2) is 12.1 Å². The Morgan fingerprint density at radius 3 is 2.79 bits per heavy atom. The minimum atomic E-state index is 0.128. The highest BCUT2D eigenvalue weighted by molar-refractivity contribution is 5.62. The fourth-order valence-corrected chi connectivity index (χ4v) is 3.11. The molecule has 3 aliphatic rings. The van der Waals surface area contributed by atoms with E-state index in [0.29, 0.717) is 12.2 Å². The molecule has 19 heavy (non-hydrogen) atoms. The Labute approximate surface area is 112 Å². The molecule has 2 fully saturated rings. The number of rotatable bonds is 2. The van der Waals surface area contributed by atoms with Gasteiger partial charge in [-0.05, 0) is 37.8 Å². The molecule has 0 amide bonds. The van der Waals surface area contributed by atoms with Crippen molar-refractivity contribution in [1.82, 2.24) is 0 Å². The first-order valence-electron chi connectivity index (χ1n) is 6.84. The molecule has 1 heterocycles. The number of hydrogen-bond donors (Lipinski definition) is 1. The van der Waals surface area contributed by atoms with Crippen LogP contribution in [0.4, 0.5) is 0 Å². The fourth-order valence-electron chi connectivity index (χ4n) is 3.11.